The first-order valence-corrected chi connectivity index (χ1v) is 11.6. The highest BCUT2D eigenvalue weighted by Gasteiger charge is 2.47. The summed E-state index contributed by atoms with van der Waals surface area (Å²) in [6, 6.07) is 11.6. The van der Waals surface area contributed by atoms with Crippen LogP contribution in [-0.2, 0) is 27.2 Å². The van der Waals surface area contributed by atoms with Gasteiger partial charge >= 0.3 is 11.9 Å². The second kappa shape index (κ2) is 8.75. The highest BCUT2D eigenvalue weighted by molar-refractivity contribution is 6.44. The van der Waals surface area contributed by atoms with E-state index in [2.05, 4.69) is 0 Å². The lowest BCUT2D eigenvalue weighted by molar-refractivity contribution is -0.164. The SMILES string of the molecule is CC(C)(C(=O)O)C(Oc1cc2c(c(Cl)c1Cl)C1=CC(=O)CCC1(Cc1ccccc1)C2)C(=O)O. The third kappa shape index (κ3) is 4.10. The third-order valence-electron chi connectivity index (χ3n) is 6.84. The van der Waals surface area contributed by atoms with Gasteiger partial charge in [-0.3, -0.25) is 9.59 Å². The largest absolute Gasteiger partial charge is 0.481 e. The van der Waals surface area contributed by atoms with Crippen molar-refractivity contribution in [1.29, 1.82) is 0 Å². The van der Waals surface area contributed by atoms with Gasteiger partial charge in [-0.15, -0.1) is 0 Å². The number of rotatable bonds is 7. The molecule has 34 heavy (non-hydrogen) atoms. The Morgan fingerprint density at radius 1 is 1.15 bits per heavy atom. The van der Waals surface area contributed by atoms with Crippen molar-refractivity contribution < 1.29 is 29.3 Å². The predicted octanol–water partition coefficient (Wildman–Crippen LogP) is 5.47. The van der Waals surface area contributed by atoms with Gasteiger partial charge in [0.1, 0.15) is 16.2 Å². The number of aliphatic carboxylic acids is 2. The highest BCUT2D eigenvalue weighted by atomic mass is 35.5. The van der Waals surface area contributed by atoms with Crippen molar-refractivity contribution >= 4 is 46.5 Å². The minimum Gasteiger partial charge on any atom is -0.481 e. The summed E-state index contributed by atoms with van der Waals surface area (Å²) in [6.07, 6.45) is 2.30. The van der Waals surface area contributed by atoms with Crippen LogP contribution in [0.3, 0.4) is 0 Å². The molecule has 0 aliphatic heterocycles. The highest BCUT2D eigenvalue weighted by Crippen LogP contribution is 2.57. The number of ketones is 1. The number of carbonyl (C=O) groups excluding carboxylic acids is 1. The Morgan fingerprint density at radius 3 is 2.44 bits per heavy atom. The normalized spacial score (nSPS) is 20.2. The van der Waals surface area contributed by atoms with Crippen molar-refractivity contribution in [2.75, 3.05) is 0 Å². The smallest absolute Gasteiger partial charge is 0.346 e. The van der Waals surface area contributed by atoms with E-state index in [0.29, 0.717) is 31.2 Å². The zero-order valence-electron chi connectivity index (χ0n) is 18.7. The fourth-order valence-electron chi connectivity index (χ4n) is 4.92. The summed E-state index contributed by atoms with van der Waals surface area (Å²) in [7, 11) is 0. The van der Waals surface area contributed by atoms with E-state index < -0.39 is 23.5 Å². The van der Waals surface area contributed by atoms with Gasteiger partial charge in [0, 0.05) is 17.4 Å². The summed E-state index contributed by atoms with van der Waals surface area (Å²) in [5.41, 5.74) is 1.35. The summed E-state index contributed by atoms with van der Waals surface area (Å²) in [5, 5.41) is 19.3. The molecule has 0 heterocycles. The van der Waals surface area contributed by atoms with Crippen molar-refractivity contribution in [2.24, 2.45) is 10.8 Å². The van der Waals surface area contributed by atoms with Crippen LogP contribution in [0.4, 0.5) is 0 Å². The van der Waals surface area contributed by atoms with Gasteiger partial charge in [-0.05, 0) is 62.0 Å². The Bertz CT molecular complexity index is 1220. The number of carboxylic acid groups (broad SMARTS) is 2. The lowest BCUT2D eigenvalue weighted by Crippen LogP contribution is -2.46. The van der Waals surface area contributed by atoms with E-state index in [4.69, 9.17) is 27.9 Å². The van der Waals surface area contributed by atoms with E-state index in [-0.39, 0.29) is 27.0 Å². The van der Waals surface area contributed by atoms with E-state index in [1.807, 2.05) is 30.3 Å². The first-order valence-electron chi connectivity index (χ1n) is 10.9. The monoisotopic (exact) mass is 502 g/mol. The predicted molar refractivity (Wildman–Crippen MR) is 128 cm³/mol. The first-order chi connectivity index (χ1) is 16.0. The maximum atomic E-state index is 12.4. The fourth-order valence-corrected chi connectivity index (χ4v) is 5.43. The van der Waals surface area contributed by atoms with Crippen molar-refractivity contribution in [2.45, 2.75) is 45.6 Å². The fraction of sp³-hybridized carbons (Fsp3) is 0.346. The summed E-state index contributed by atoms with van der Waals surface area (Å²) >= 11 is 13.2. The molecule has 178 valence electrons. The van der Waals surface area contributed by atoms with Gasteiger partial charge in [0.25, 0.3) is 0 Å². The molecule has 4 rings (SSSR count). The second-order valence-electron chi connectivity index (χ2n) is 9.54. The molecule has 0 saturated heterocycles. The van der Waals surface area contributed by atoms with E-state index in [0.717, 1.165) is 16.7 Å². The van der Waals surface area contributed by atoms with Crippen LogP contribution in [0.25, 0.3) is 5.57 Å². The molecule has 2 aromatic carbocycles. The van der Waals surface area contributed by atoms with Crippen molar-refractivity contribution in [3.63, 3.8) is 0 Å². The van der Waals surface area contributed by atoms with Crippen LogP contribution in [0.1, 0.15) is 43.4 Å². The van der Waals surface area contributed by atoms with Gasteiger partial charge in [0.2, 0.25) is 6.10 Å². The number of allylic oxidation sites excluding steroid dienone is 2. The zero-order chi connectivity index (χ0) is 24.8. The molecule has 2 N–H and O–H groups in total. The zero-order valence-corrected chi connectivity index (χ0v) is 20.2. The van der Waals surface area contributed by atoms with Crippen molar-refractivity contribution in [3.05, 3.63) is 69.2 Å². The standard InChI is InChI=1S/C26H24Cl2O6/c1-25(2,24(32)33)22(23(30)31)34-18-10-15-13-26(12-14-6-4-3-5-7-14)9-8-16(29)11-17(26)19(15)21(28)20(18)27/h3-7,10-11,22H,8-9,12-13H2,1-2H3,(H,30,31)(H,32,33). The number of benzene rings is 2. The molecule has 0 saturated carbocycles. The number of halogens is 2. The minimum absolute atomic E-state index is 0.00702. The quantitative estimate of drug-likeness (QED) is 0.520. The molecule has 6 nitrogen and oxygen atoms in total. The van der Waals surface area contributed by atoms with Crippen molar-refractivity contribution in [1.82, 2.24) is 0 Å². The first kappa shape index (κ1) is 24.3. The third-order valence-corrected chi connectivity index (χ3v) is 7.69. The Labute approximate surface area is 207 Å². The molecule has 0 spiro atoms. The second-order valence-corrected chi connectivity index (χ2v) is 10.3. The molecule has 2 aliphatic rings. The average molecular weight is 503 g/mol. The number of ether oxygens (including phenoxy) is 1. The molecule has 2 aliphatic carbocycles. The number of hydrogen-bond acceptors (Lipinski definition) is 4. The van der Waals surface area contributed by atoms with Crippen LogP contribution in [0.5, 0.6) is 5.75 Å². The molecule has 2 aromatic rings. The average Bonchev–Trinajstić information content (AvgIpc) is 3.08. The molecular weight excluding hydrogens is 479 g/mol. The minimum atomic E-state index is -1.72. The van der Waals surface area contributed by atoms with Crippen LogP contribution >= 0.6 is 23.2 Å². The van der Waals surface area contributed by atoms with E-state index in [9.17, 15) is 24.6 Å². The summed E-state index contributed by atoms with van der Waals surface area (Å²) in [6.45, 7) is 2.55. The number of carbonyl (C=O) groups is 3. The summed E-state index contributed by atoms with van der Waals surface area (Å²) < 4.78 is 5.68. The van der Waals surface area contributed by atoms with E-state index in [1.54, 1.807) is 12.1 Å². The molecule has 8 heteroatoms. The molecule has 0 amide bonds. The number of carboxylic acids is 2. The maximum absolute atomic E-state index is 12.4. The van der Waals surface area contributed by atoms with E-state index in [1.165, 1.54) is 13.8 Å². The molecule has 0 aromatic heterocycles. The Hall–Kier alpha value is -2.83. The Kier molecular flexibility index (Phi) is 6.25. The van der Waals surface area contributed by atoms with Crippen LogP contribution in [0, 0.1) is 10.8 Å². The van der Waals surface area contributed by atoms with Gasteiger partial charge in [-0.2, -0.15) is 0 Å². The topological polar surface area (TPSA) is 101 Å². The van der Waals surface area contributed by atoms with Gasteiger partial charge in [0.15, 0.2) is 5.78 Å². The number of hydrogen-bond donors (Lipinski definition) is 2. The van der Waals surface area contributed by atoms with Crippen LogP contribution in [0.15, 0.2) is 42.5 Å². The Morgan fingerprint density at radius 2 is 1.82 bits per heavy atom. The van der Waals surface area contributed by atoms with Gasteiger partial charge in [-0.1, -0.05) is 53.5 Å². The summed E-state index contributed by atoms with van der Waals surface area (Å²) in [4.78, 5) is 35.9. The van der Waals surface area contributed by atoms with Crippen LogP contribution in [0.2, 0.25) is 10.0 Å². The van der Waals surface area contributed by atoms with Gasteiger partial charge < -0.3 is 14.9 Å². The van der Waals surface area contributed by atoms with Gasteiger partial charge in [-0.25, -0.2) is 4.79 Å². The lowest BCUT2D eigenvalue weighted by Gasteiger charge is -2.34. The van der Waals surface area contributed by atoms with E-state index >= 15 is 0 Å². The molecule has 0 fully saturated rings. The van der Waals surface area contributed by atoms with Gasteiger partial charge in [0.05, 0.1) is 5.02 Å². The molecule has 0 bridgehead atoms. The summed E-state index contributed by atoms with van der Waals surface area (Å²) in [5.74, 6) is -2.72. The number of fused-ring (bicyclic) bond motifs is 3. The maximum Gasteiger partial charge on any atom is 0.346 e. The Balaban J connectivity index is 1.79. The molecule has 2 atom stereocenters. The van der Waals surface area contributed by atoms with Crippen LogP contribution < -0.4 is 4.74 Å². The van der Waals surface area contributed by atoms with Crippen LogP contribution in [-0.4, -0.2) is 34.0 Å². The molecule has 2 unspecified atom stereocenters. The van der Waals surface area contributed by atoms with Crippen molar-refractivity contribution in [3.8, 4) is 5.75 Å². The lowest BCUT2D eigenvalue weighted by atomic mass is 9.69. The molecule has 0 radical (unpaired) electrons. The molecular formula is C26H24Cl2O6.